The van der Waals surface area contributed by atoms with Crippen LogP contribution in [0.2, 0.25) is 0 Å². The van der Waals surface area contributed by atoms with Gasteiger partial charge in [0, 0.05) is 70.3 Å². The lowest BCUT2D eigenvalue weighted by atomic mass is 9.94. The minimum Gasteiger partial charge on any atom is -0.441 e. The zero-order valence-electron chi connectivity index (χ0n) is 28.2. The summed E-state index contributed by atoms with van der Waals surface area (Å²) in [4.78, 5) is 8.82. The predicted molar refractivity (Wildman–Crippen MR) is 191 cm³/mol. The number of ether oxygens (including phenoxy) is 2. The largest absolute Gasteiger partial charge is 0.441 e. The third-order valence-electron chi connectivity index (χ3n) is 7.45. The van der Waals surface area contributed by atoms with Crippen molar-refractivity contribution in [3.05, 3.63) is 77.6 Å². The number of methoxy groups -OCH3 is 2. The van der Waals surface area contributed by atoms with Crippen LogP contribution in [0.5, 0.6) is 0 Å². The van der Waals surface area contributed by atoms with Gasteiger partial charge in [-0.05, 0) is 54.8 Å². The third-order valence-corrected chi connectivity index (χ3v) is 8.94. The van der Waals surface area contributed by atoms with Crippen LogP contribution in [0, 0.1) is 0 Å². The fourth-order valence-electron chi connectivity index (χ4n) is 4.99. The highest BCUT2D eigenvalue weighted by Gasteiger charge is 2.19. The number of benzene rings is 1. The highest BCUT2D eigenvalue weighted by atomic mass is 32.2. The standard InChI is InChI=1S/C33H49N5O7S2/c1-7-28(36-47(6,41)42)25-34-29-13-9-26(10-14-29)33(31-17-18-32(45-31)38(21-23-43-3)22-24-44-4)27-11-15-30(16-12-27)37(8-2)20-19-35-46(5,39)40/h9-18,28,35-36H,7-8,19-25H2,1-6H3. The van der Waals surface area contributed by atoms with E-state index in [1.54, 1.807) is 14.2 Å². The van der Waals surface area contributed by atoms with Crippen molar-refractivity contribution in [1.82, 2.24) is 9.44 Å². The molecule has 2 aromatic rings. The second kappa shape index (κ2) is 18.3. The van der Waals surface area contributed by atoms with Crippen LogP contribution in [0.25, 0.3) is 5.57 Å². The summed E-state index contributed by atoms with van der Waals surface area (Å²) in [6, 6.07) is 11.7. The number of hydrogen-bond donors (Lipinski definition) is 2. The Labute approximate surface area is 280 Å². The number of rotatable bonds is 20. The van der Waals surface area contributed by atoms with Crippen molar-refractivity contribution in [2.24, 2.45) is 4.99 Å². The maximum atomic E-state index is 11.7. The van der Waals surface area contributed by atoms with Crippen molar-refractivity contribution < 1.29 is 30.7 Å². The Bertz CT molecular complexity index is 1600. The number of hydrogen-bond acceptors (Lipinski definition) is 10. The van der Waals surface area contributed by atoms with E-state index >= 15 is 0 Å². The highest BCUT2D eigenvalue weighted by Crippen LogP contribution is 2.34. The molecule has 1 aromatic carbocycles. The lowest BCUT2D eigenvalue weighted by Gasteiger charge is -2.23. The van der Waals surface area contributed by atoms with Crippen LogP contribution in [0.4, 0.5) is 11.6 Å². The molecule has 0 spiro atoms. The molecule has 1 aromatic heterocycles. The fourth-order valence-corrected chi connectivity index (χ4v) is 6.30. The number of nitrogens with one attached hydrogen (secondary N) is 2. The Kier molecular flexibility index (Phi) is 14.9. The molecular formula is C33H49N5O7S2. The number of sulfonamides is 2. The third kappa shape index (κ3) is 12.7. The van der Waals surface area contributed by atoms with Crippen LogP contribution in [0.15, 0.2) is 75.7 Å². The number of allylic oxidation sites excluding steroid dienone is 5. The molecule has 1 heterocycles. The Hall–Kier alpha value is -3.27. The molecule has 0 amide bonds. The van der Waals surface area contributed by atoms with E-state index in [0.717, 1.165) is 40.6 Å². The molecule has 1 aliphatic carbocycles. The summed E-state index contributed by atoms with van der Waals surface area (Å²) in [6.07, 6.45) is 10.7. The predicted octanol–water partition coefficient (Wildman–Crippen LogP) is 3.45. The minimum atomic E-state index is -3.33. The fraction of sp³-hybridized carbons (Fsp3) is 0.485. The Morgan fingerprint density at radius 2 is 1.49 bits per heavy atom. The van der Waals surface area contributed by atoms with E-state index in [4.69, 9.17) is 13.9 Å². The average Bonchev–Trinajstić information content (AvgIpc) is 3.51. The molecule has 0 bridgehead atoms. The van der Waals surface area contributed by atoms with Gasteiger partial charge in [-0.25, -0.2) is 26.3 Å². The van der Waals surface area contributed by atoms with E-state index in [1.165, 1.54) is 0 Å². The molecule has 2 N–H and O–H groups in total. The first-order valence-electron chi connectivity index (χ1n) is 15.6. The first-order chi connectivity index (χ1) is 22.4. The number of anilines is 2. The van der Waals surface area contributed by atoms with Crippen molar-refractivity contribution in [3.63, 3.8) is 0 Å². The van der Waals surface area contributed by atoms with Crippen LogP contribution in [-0.2, 0) is 29.5 Å². The molecule has 0 saturated carbocycles. The van der Waals surface area contributed by atoms with Crippen molar-refractivity contribution >= 4 is 42.9 Å². The molecule has 12 nitrogen and oxygen atoms in total. The van der Waals surface area contributed by atoms with E-state index in [2.05, 4.69) is 24.2 Å². The van der Waals surface area contributed by atoms with Crippen LogP contribution >= 0.6 is 0 Å². The molecular weight excluding hydrogens is 643 g/mol. The summed E-state index contributed by atoms with van der Waals surface area (Å²) >= 11 is 0. The van der Waals surface area contributed by atoms with Gasteiger partial charge in [-0.3, -0.25) is 4.99 Å². The van der Waals surface area contributed by atoms with Gasteiger partial charge in [-0.15, -0.1) is 0 Å². The molecule has 260 valence electrons. The van der Waals surface area contributed by atoms with Crippen LogP contribution < -0.4 is 19.2 Å². The molecule has 0 aliphatic heterocycles. The zero-order valence-corrected chi connectivity index (χ0v) is 29.9. The number of furan rings is 1. The summed E-state index contributed by atoms with van der Waals surface area (Å²) in [6.45, 7) is 8.19. The molecule has 0 saturated heterocycles. The van der Waals surface area contributed by atoms with Crippen molar-refractivity contribution in [1.29, 1.82) is 0 Å². The van der Waals surface area contributed by atoms with Gasteiger partial charge in [0.2, 0.25) is 20.0 Å². The molecule has 1 aliphatic rings. The number of likely N-dealkylation sites (N-methyl/N-ethyl adjacent to an activating group) is 1. The summed E-state index contributed by atoms with van der Waals surface area (Å²) in [5.41, 5.74) is 4.46. The highest BCUT2D eigenvalue weighted by molar-refractivity contribution is 7.89. The van der Waals surface area contributed by atoms with Crippen LogP contribution in [-0.4, -0.2) is 108 Å². The van der Waals surface area contributed by atoms with Gasteiger partial charge in [0.1, 0.15) is 5.76 Å². The average molecular weight is 692 g/mol. The van der Waals surface area contributed by atoms with Gasteiger partial charge in [-0.2, -0.15) is 0 Å². The summed E-state index contributed by atoms with van der Waals surface area (Å²) in [7, 11) is -3.26. The first-order valence-corrected chi connectivity index (χ1v) is 19.4. The Balaban J connectivity index is 1.97. The Morgan fingerprint density at radius 3 is 2.02 bits per heavy atom. The minimum absolute atomic E-state index is 0.282. The summed E-state index contributed by atoms with van der Waals surface area (Å²) in [5.74, 6) is 1.39. The van der Waals surface area contributed by atoms with Gasteiger partial charge in [0.15, 0.2) is 5.88 Å². The van der Waals surface area contributed by atoms with Crippen molar-refractivity contribution in [2.45, 2.75) is 26.3 Å². The topological polar surface area (TPSA) is 143 Å². The quantitative estimate of drug-likeness (QED) is 0.214. The molecule has 0 fully saturated rings. The molecule has 47 heavy (non-hydrogen) atoms. The van der Waals surface area contributed by atoms with Crippen molar-refractivity contribution in [2.75, 3.05) is 89.0 Å². The summed E-state index contributed by atoms with van der Waals surface area (Å²) < 4.78 is 68.8. The monoisotopic (exact) mass is 691 g/mol. The lowest BCUT2D eigenvalue weighted by molar-refractivity contribution is 0.188. The zero-order chi connectivity index (χ0) is 34.5. The van der Waals surface area contributed by atoms with E-state index in [9.17, 15) is 16.8 Å². The van der Waals surface area contributed by atoms with Gasteiger partial charge in [0.25, 0.3) is 0 Å². The van der Waals surface area contributed by atoms with E-state index in [-0.39, 0.29) is 6.04 Å². The van der Waals surface area contributed by atoms with Crippen LogP contribution in [0.3, 0.4) is 0 Å². The molecule has 3 rings (SSSR count). The Morgan fingerprint density at radius 1 is 0.851 bits per heavy atom. The maximum absolute atomic E-state index is 11.7. The number of aliphatic imine (C=N–C) groups is 1. The van der Waals surface area contributed by atoms with Crippen molar-refractivity contribution in [3.8, 4) is 0 Å². The normalized spacial score (nSPS) is 14.0. The summed E-state index contributed by atoms with van der Waals surface area (Å²) in [5, 5.41) is 0. The van der Waals surface area contributed by atoms with E-state index in [0.29, 0.717) is 70.5 Å². The number of nitrogens with zero attached hydrogens (tertiary/aromatic N) is 3. The van der Waals surface area contributed by atoms with Gasteiger partial charge in [0.05, 0.1) is 38.0 Å². The molecule has 1 atom stereocenters. The maximum Gasteiger partial charge on any atom is 0.209 e. The second-order valence-corrected chi connectivity index (χ2v) is 14.8. The smallest absolute Gasteiger partial charge is 0.209 e. The van der Waals surface area contributed by atoms with Gasteiger partial charge in [-0.1, -0.05) is 31.2 Å². The molecule has 0 radical (unpaired) electrons. The molecule has 1 unspecified atom stereocenters. The van der Waals surface area contributed by atoms with Gasteiger partial charge >= 0.3 is 0 Å². The van der Waals surface area contributed by atoms with E-state index in [1.807, 2.05) is 74.5 Å². The van der Waals surface area contributed by atoms with E-state index < -0.39 is 20.0 Å². The second-order valence-electron chi connectivity index (χ2n) is 11.2. The van der Waals surface area contributed by atoms with Gasteiger partial charge < -0.3 is 23.7 Å². The van der Waals surface area contributed by atoms with Crippen LogP contribution in [0.1, 0.15) is 31.6 Å². The molecule has 14 heteroatoms. The first kappa shape index (κ1) is 38.2. The lowest BCUT2D eigenvalue weighted by Crippen LogP contribution is -2.35. The SMILES string of the molecule is CCC(CN=C1C=CC(=C(c2ccc(N(CC)CCNS(C)(=O)=O)cc2)c2ccc(N(CCOC)CCOC)o2)C=C1)NS(C)(=O)=O.